The average molecular weight is 731 g/mol. The number of nitrogen functional groups attached to an aromatic ring is 1. The SMILES string of the molecule is CCCCC(=O)OC[C@@H](O)COP(=O)([O-])OC[C@H]1O[C@@H](n2cnc3c(N)ncnc32)C[C@@H]1O.CCCC[N+](CCCC)(CCCC)CCCC. The summed E-state index contributed by atoms with van der Waals surface area (Å²) in [5.74, 6) is -0.293. The molecule has 2 aromatic heterocycles. The Hall–Kier alpha value is -2.23. The van der Waals surface area contributed by atoms with Gasteiger partial charge in [0, 0.05) is 12.8 Å². The molecular weight excluding hydrogens is 667 g/mol. The Labute approximate surface area is 298 Å². The molecule has 4 N–H and O–H groups in total. The summed E-state index contributed by atoms with van der Waals surface area (Å²) < 4.78 is 34.9. The Morgan fingerprint density at radius 3 is 2.12 bits per heavy atom. The lowest BCUT2D eigenvalue weighted by molar-refractivity contribution is -0.929. The zero-order chi connectivity index (χ0) is 37.0. The molecule has 0 aromatic carbocycles. The Bertz CT molecular complexity index is 1250. The molecule has 0 radical (unpaired) electrons. The third-order valence-corrected chi connectivity index (χ3v) is 9.77. The molecule has 0 amide bonds. The molecule has 1 aliphatic rings. The average Bonchev–Trinajstić information content (AvgIpc) is 3.71. The first kappa shape index (κ1) is 43.9. The summed E-state index contributed by atoms with van der Waals surface area (Å²) in [7, 11) is -4.81. The van der Waals surface area contributed by atoms with Crippen LogP contribution >= 0.6 is 7.82 Å². The first-order chi connectivity index (χ1) is 23.9. The first-order valence-corrected chi connectivity index (χ1v) is 20.0. The van der Waals surface area contributed by atoms with Crippen molar-refractivity contribution in [2.75, 3.05) is 51.7 Å². The zero-order valence-corrected chi connectivity index (χ0v) is 31.8. The van der Waals surface area contributed by atoms with E-state index >= 15 is 0 Å². The van der Waals surface area contributed by atoms with Crippen molar-refractivity contribution in [2.45, 2.75) is 136 Å². The zero-order valence-electron chi connectivity index (χ0n) is 30.9. The third kappa shape index (κ3) is 15.2. The number of hydrogen-bond donors (Lipinski definition) is 3. The molecule has 2 aromatic rings. The summed E-state index contributed by atoms with van der Waals surface area (Å²) >= 11 is 0. The van der Waals surface area contributed by atoms with Crippen LogP contribution in [0.3, 0.4) is 0 Å². The highest BCUT2D eigenvalue weighted by atomic mass is 31.2. The summed E-state index contributed by atoms with van der Waals surface area (Å²) in [5.41, 5.74) is 6.55. The van der Waals surface area contributed by atoms with E-state index in [0.29, 0.717) is 17.6 Å². The summed E-state index contributed by atoms with van der Waals surface area (Å²) in [6, 6.07) is 0. The minimum absolute atomic E-state index is 0.134. The number of aliphatic hydroxyl groups excluding tert-OH is 2. The normalized spacial score (nSPS) is 19.6. The van der Waals surface area contributed by atoms with E-state index in [1.54, 1.807) is 4.57 Å². The Kier molecular flexibility index (Phi) is 20.5. The van der Waals surface area contributed by atoms with E-state index in [1.165, 1.54) is 94.7 Å². The molecule has 1 fully saturated rings. The van der Waals surface area contributed by atoms with Crippen LogP contribution in [0.1, 0.15) is 118 Å². The molecular formula is C34H63N6O9P. The van der Waals surface area contributed by atoms with Crippen molar-refractivity contribution in [3.63, 3.8) is 0 Å². The molecule has 1 unspecified atom stereocenters. The number of nitrogens with zero attached hydrogens (tertiary/aromatic N) is 5. The highest BCUT2D eigenvalue weighted by Crippen LogP contribution is 2.40. The van der Waals surface area contributed by atoms with Crippen molar-refractivity contribution in [1.82, 2.24) is 19.5 Å². The van der Waals surface area contributed by atoms with E-state index in [9.17, 15) is 24.5 Å². The summed E-state index contributed by atoms with van der Waals surface area (Å²) in [6.07, 6.45) is 11.6. The maximum Gasteiger partial charge on any atom is 0.305 e. The van der Waals surface area contributed by atoms with Crippen molar-refractivity contribution < 1.29 is 47.5 Å². The van der Waals surface area contributed by atoms with E-state index in [2.05, 4.69) is 47.2 Å². The second-order valence-corrected chi connectivity index (χ2v) is 14.6. The Morgan fingerprint density at radius 2 is 1.56 bits per heavy atom. The molecule has 288 valence electrons. The molecule has 3 heterocycles. The number of aromatic nitrogens is 4. The quantitative estimate of drug-likeness (QED) is 0.0765. The van der Waals surface area contributed by atoms with Crippen LogP contribution < -0.4 is 10.6 Å². The second kappa shape index (κ2) is 23.4. The lowest BCUT2D eigenvalue weighted by Crippen LogP contribution is -2.50. The number of nitrogens with two attached hydrogens (primary N) is 1. The fraction of sp³-hybridized carbons (Fsp3) is 0.824. The number of hydrogen-bond acceptors (Lipinski definition) is 13. The second-order valence-electron chi connectivity index (χ2n) is 13.1. The highest BCUT2D eigenvalue weighted by Gasteiger charge is 2.37. The van der Waals surface area contributed by atoms with Crippen LogP contribution in [0.2, 0.25) is 0 Å². The van der Waals surface area contributed by atoms with Crippen molar-refractivity contribution in [3.05, 3.63) is 12.7 Å². The van der Waals surface area contributed by atoms with E-state index in [4.69, 9.17) is 19.7 Å². The van der Waals surface area contributed by atoms with Gasteiger partial charge in [-0.05, 0) is 32.1 Å². The number of quaternary nitrogens is 1. The van der Waals surface area contributed by atoms with E-state index < -0.39 is 58.2 Å². The van der Waals surface area contributed by atoms with E-state index in [0.717, 1.165) is 6.42 Å². The fourth-order valence-electron chi connectivity index (χ4n) is 5.77. The molecule has 0 spiro atoms. The summed E-state index contributed by atoms with van der Waals surface area (Å²) in [5, 5.41) is 20.0. The number of carbonyl (C=O) groups excluding carboxylic acids is 1. The van der Waals surface area contributed by atoms with Crippen LogP contribution in [-0.4, -0.2) is 104 Å². The van der Waals surface area contributed by atoms with Crippen LogP contribution in [0.4, 0.5) is 5.82 Å². The van der Waals surface area contributed by atoms with Gasteiger partial charge in [-0.1, -0.05) is 66.7 Å². The number of ether oxygens (including phenoxy) is 2. The van der Waals surface area contributed by atoms with Crippen LogP contribution in [0, 0.1) is 0 Å². The van der Waals surface area contributed by atoms with Crippen LogP contribution in [0.25, 0.3) is 11.2 Å². The van der Waals surface area contributed by atoms with Crippen molar-refractivity contribution in [3.8, 4) is 0 Å². The maximum absolute atomic E-state index is 12.0. The number of aliphatic hydroxyl groups is 2. The van der Waals surface area contributed by atoms with E-state index in [1.807, 2.05) is 6.92 Å². The van der Waals surface area contributed by atoms with Gasteiger partial charge in [-0.2, -0.15) is 0 Å². The van der Waals surface area contributed by atoms with Gasteiger partial charge in [-0.3, -0.25) is 13.9 Å². The Balaban J connectivity index is 0.000000432. The molecule has 50 heavy (non-hydrogen) atoms. The topological polar surface area (TPSA) is 204 Å². The number of unbranched alkanes of at least 4 members (excludes halogenated alkanes) is 5. The number of carbonyl (C=O) groups is 1. The van der Waals surface area contributed by atoms with Gasteiger partial charge in [0.05, 0.1) is 51.8 Å². The lowest BCUT2D eigenvalue weighted by Gasteiger charge is -2.39. The molecule has 0 bridgehead atoms. The summed E-state index contributed by atoms with van der Waals surface area (Å²) in [4.78, 5) is 35.5. The maximum atomic E-state index is 12.0. The minimum atomic E-state index is -4.81. The lowest BCUT2D eigenvalue weighted by atomic mass is 10.1. The molecule has 1 aliphatic heterocycles. The molecule has 5 atom stereocenters. The smallest absolute Gasteiger partial charge is 0.305 e. The van der Waals surface area contributed by atoms with Crippen LogP contribution in [-0.2, 0) is 27.9 Å². The number of anilines is 1. The predicted molar refractivity (Wildman–Crippen MR) is 190 cm³/mol. The van der Waals surface area contributed by atoms with Gasteiger partial charge in [0.15, 0.2) is 11.5 Å². The number of esters is 1. The van der Waals surface area contributed by atoms with Gasteiger partial charge in [0.1, 0.15) is 36.9 Å². The number of imidazole rings is 1. The monoisotopic (exact) mass is 730 g/mol. The number of fused-ring (bicyclic) bond motifs is 1. The van der Waals surface area contributed by atoms with Gasteiger partial charge in [-0.15, -0.1) is 0 Å². The summed E-state index contributed by atoms with van der Waals surface area (Å²) in [6.45, 7) is 15.4. The van der Waals surface area contributed by atoms with Gasteiger partial charge < -0.3 is 43.8 Å². The predicted octanol–water partition coefficient (Wildman–Crippen LogP) is 4.66. The van der Waals surface area contributed by atoms with Gasteiger partial charge >= 0.3 is 5.97 Å². The minimum Gasteiger partial charge on any atom is -0.756 e. The van der Waals surface area contributed by atoms with Crippen LogP contribution in [0.15, 0.2) is 12.7 Å². The molecule has 1 saturated heterocycles. The number of phosphoric ester groups is 1. The van der Waals surface area contributed by atoms with Crippen molar-refractivity contribution in [1.29, 1.82) is 0 Å². The number of phosphoric acid groups is 1. The molecule has 15 nitrogen and oxygen atoms in total. The van der Waals surface area contributed by atoms with Crippen molar-refractivity contribution in [2.24, 2.45) is 0 Å². The van der Waals surface area contributed by atoms with Gasteiger partial charge in [-0.25, -0.2) is 15.0 Å². The molecule has 0 saturated carbocycles. The van der Waals surface area contributed by atoms with Gasteiger partial charge in [0.25, 0.3) is 7.82 Å². The standard InChI is InChI=1S/C18H28N5O9P.C16H36N/c1-2-3-4-15(26)29-6-11(24)7-30-33(27,28)31-8-13-12(25)5-14(32-13)23-10-22-16-17(19)20-9-21-18(16)23;1-5-9-13-17(14-10-6-2,15-11-7-3)16-12-8-4/h9-14,24-25H,2-8H2,1H3,(H,27,28)(H2,19,20,21);5-16H2,1-4H3/q;+1/p-1/t11-,12+,13-,14-;/m1./s1. The number of rotatable bonds is 24. The van der Waals surface area contributed by atoms with Crippen LogP contribution in [0.5, 0.6) is 0 Å². The Morgan fingerprint density at radius 1 is 0.980 bits per heavy atom. The molecule has 3 rings (SSSR count). The molecule has 16 heteroatoms. The first-order valence-electron chi connectivity index (χ1n) is 18.5. The van der Waals surface area contributed by atoms with E-state index in [-0.39, 0.29) is 18.7 Å². The molecule has 0 aliphatic carbocycles. The third-order valence-electron chi connectivity index (χ3n) is 8.84. The fourth-order valence-corrected chi connectivity index (χ4v) is 6.53. The van der Waals surface area contributed by atoms with Gasteiger partial charge in [0.2, 0.25) is 0 Å². The van der Waals surface area contributed by atoms with Crippen molar-refractivity contribution >= 4 is 30.8 Å². The largest absolute Gasteiger partial charge is 0.756 e. The highest BCUT2D eigenvalue weighted by molar-refractivity contribution is 7.45.